The fourth-order valence-corrected chi connectivity index (χ4v) is 0.244. The van der Waals surface area contributed by atoms with E-state index in [0.717, 1.165) is 6.42 Å². The molecule has 1 amide bonds. The summed E-state index contributed by atoms with van der Waals surface area (Å²) < 4.78 is 4.27. The molecule has 0 saturated carbocycles. The molecule has 0 rings (SSSR count). The van der Waals surface area contributed by atoms with Crippen LogP contribution >= 0.6 is 0 Å². The Kier molecular flexibility index (Phi) is 4.03. The van der Waals surface area contributed by atoms with Gasteiger partial charge in [-0.1, -0.05) is 6.92 Å². The average molecular weight is 116 g/mol. The lowest BCUT2D eigenvalue weighted by Gasteiger charge is -1.97. The minimum absolute atomic E-state index is 0.410. The molecule has 1 N–H and O–H groups in total. The van der Waals surface area contributed by atoms with Gasteiger partial charge in [0, 0.05) is 0 Å². The molecule has 0 aromatic carbocycles. The van der Waals surface area contributed by atoms with Crippen LogP contribution in [0.15, 0.2) is 0 Å². The van der Waals surface area contributed by atoms with Crippen molar-refractivity contribution in [3.63, 3.8) is 0 Å². The zero-order chi connectivity index (χ0) is 6.41. The van der Waals surface area contributed by atoms with Gasteiger partial charge >= 0.3 is 6.09 Å². The summed E-state index contributed by atoms with van der Waals surface area (Å²) in [7, 11) is 1.33. The first-order chi connectivity index (χ1) is 3.81. The molecule has 0 unspecified atom stereocenters. The number of rotatable bonds is 2. The smallest absolute Gasteiger partial charge is 0.407 e. The van der Waals surface area contributed by atoms with E-state index in [1.807, 2.05) is 6.92 Å². The van der Waals surface area contributed by atoms with Gasteiger partial charge in [-0.05, 0) is 6.42 Å². The third-order valence-corrected chi connectivity index (χ3v) is 0.609. The number of ether oxygens (including phenoxy) is 1. The van der Waals surface area contributed by atoms with E-state index in [-0.39, 0.29) is 0 Å². The molecular formula is C5H10NO2. The summed E-state index contributed by atoms with van der Waals surface area (Å²) in [5, 5.41) is 2.40. The van der Waals surface area contributed by atoms with Crippen LogP contribution in [0.5, 0.6) is 0 Å². The third-order valence-electron chi connectivity index (χ3n) is 0.609. The number of carbonyl (C=O) groups excluding carboxylic acids is 1. The Morgan fingerprint density at radius 1 is 1.88 bits per heavy atom. The van der Waals surface area contributed by atoms with Gasteiger partial charge in [0.15, 0.2) is 0 Å². The molecular weight excluding hydrogens is 106 g/mol. The number of amides is 1. The van der Waals surface area contributed by atoms with Gasteiger partial charge in [-0.15, -0.1) is 0 Å². The molecule has 8 heavy (non-hydrogen) atoms. The molecule has 1 radical (unpaired) electrons. The van der Waals surface area contributed by atoms with E-state index in [0.29, 0.717) is 0 Å². The third kappa shape index (κ3) is 3.46. The number of alkyl carbamates (subject to hydrolysis) is 1. The summed E-state index contributed by atoms with van der Waals surface area (Å²) in [6.45, 7) is 3.56. The van der Waals surface area contributed by atoms with Gasteiger partial charge in [-0.25, -0.2) is 4.79 Å². The Morgan fingerprint density at radius 2 is 2.50 bits per heavy atom. The van der Waals surface area contributed by atoms with Gasteiger partial charge in [-0.3, -0.25) is 0 Å². The summed E-state index contributed by atoms with van der Waals surface area (Å²) >= 11 is 0. The lowest BCUT2D eigenvalue weighted by molar-refractivity contribution is 0.173. The van der Waals surface area contributed by atoms with Crippen LogP contribution in [-0.2, 0) is 4.74 Å². The van der Waals surface area contributed by atoms with E-state index in [4.69, 9.17) is 0 Å². The Morgan fingerprint density at radius 3 is 2.88 bits per heavy atom. The first-order valence-corrected chi connectivity index (χ1v) is 2.47. The quantitative estimate of drug-likeness (QED) is 0.582. The summed E-state index contributed by atoms with van der Waals surface area (Å²) in [5.74, 6) is 0. The fraction of sp³-hybridized carbons (Fsp3) is 0.600. The topological polar surface area (TPSA) is 38.3 Å². The number of hydrogen-bond acceptors (Lipinski definition) is 2. The van der Waals surface area contributed by atoms with Crippen molar-refractivity contribution in [2.24, 2.45) is 0 Å². The standard InChI is InChI=1S/C5H10NO2/c1-3-4-6-5(7)8-2/h4H,3H2,1-2H3,(H,6,7). The Labute approximate surface area is 49.0 Å². The second kappa shape index (κ2) is 4.43. The Balaban J connectivity index is 2.99. The van der Waals surface area contributed by atoms with Crippen LogP contribution in [0.4, 0.5) is 4.79 Å². The van der Waals surface area contributed by atoms with Crippen LogP contribution in [0.1, 0.15) is 13.3 Å². The van der Waals surface area contributed by atoms with E-state index in [1.165, 1.54) is 7.11 Å². The summed E-state index contributed by atoms with van der Waals surface area (Å²) in [5.41, 5.74) is 0. The molecule has 0 aromatic rings. The normalized spacial score (nSPS) is 8.25. The van der Waals surface area contributed by atoms with Crippen LogP contribution in [0, 0.1) is 6.54 Å². The van der Waals surface area contributed by atoms with Crippen LogP contribution in [0.2, 0.25) is 0 Å². The van der Waals surface area contributed by atoms with Crippen molar-refractivity contribution in [3.05, 3.63) is 6.54 Å². The molecule has 0 aliphatic carbocycles. The first kappa shape index (κ1) is 7.27. The van der Waals surface area contributed by atoms with Gasteiger partial charge in [0.05, 0.1) is 13.7 Å². The number of carbonyl (C=O) groups is 1. The highest BCUT2D eigenvalue weighted by Crippen LogP contribution is 1.78. The Bertz CT molecular complexity index is 72.8. The van der Waals surface area contributed by atoms with Crippen molar-refractivity contribution in [2.45, 2.75) is 13.3 Å². The molecule has 0 heterocycles. The van der Waals surface area contributed by atoms with E-state index in [1.54, 1.807) is 6.54 Å². The Hall–Kier alpha value is -0.730. The van der Waals surface area contributed by atoms with Crippen LogP contribution in [0.3, 0.4) is 0 Å². The molecule has 0 atom stereocenters. The minimum atomic E-state index is -0.410. The van der Waals surface area contributed by atoms with Crippen molar-refractivity contribution in [1.82, 2.24) is 5.32 Å². The fourth-order valence-electron chi connectivity index (χ4n) is 0.244. The highest BCUT2D eigenvalue weighted by molar-refractivity contribution is 5.67. The highest BCUT2D eigenvalue weighted by atomic mass is 16.5. The van der Waals surface area contributed by atoms with Crippen LogP contribution in [0.25, 0.3) is 0 Å². The van der Waals surface area contributed by atoms with Gasteiger partial charge in [-0.2, -0.15) is 0 Å². The van der Waals surface area contributed by atoms with E-state index in [9.17, 15) is 4.79 Å². The molecule has 0 spiro atoms. The zero-order valence-electron chi connectivity index (χ0n) is 5.10. The molecule has 0 aromatic heterocycles. The maximum absolute atomic E-state index is 10.2. The monoisotopic (exact) mass is 116 g/mol. The molecule has 47 valence electrons. The van der Waals surface area contributed by atoms with Gasteiger partial charge in [0.1, 0.15) is 0 Å². The molecule has 0 bridgehead atoms. The molecule has 3 nitrogen and oxygen atoms in total. The van der Waals surface area contributed by atoms with Crippen molar-refractivity contribution >= 4 is 6.09 Å². The zero-order valence-corrected chi connectivity index (χ0v) is 5.10. The van der Waals surface area contributed by atoms with Crippen molar-refractivity contribution in [1.29, 1.82) is 0 Å². The molecule has 3 heteroatoms. The predicted octanol–water partition coefficient (Wildman–Crippen LogP) is 0.914. The molecule has 0 aliphatic heterocycles. The second-order valence-electron chi connectivity index (χ2n) is 1.25. The number of nitrogens with one attached hydrogen (secondary N) is 1. The second-order valence-corrected chi connectivity index (χ2v) is 1.25. The highest BCUT2D eigenvalue weighted by Gasteiger charge is 1.92. The molecule has 0 fully saturated rings. The lowest BCUT2D eigenvalue weighted by atomic mass is 10.5. The maximum Gasteiger partial charge on any atom is 0.407 e. The average Bonchev–Trinajstić information content (AvgIpc) is 1.83. The molecule has 0 aliphatic rings. The minimum Gasteiger partial charge on any atom is -0.453 e. The van der Waals surface area contributed by atoms with E-state index >= 15 is 0 Å². The lowest BCUT2D eigenvalue weighted by Crippen LogP contribution is -2.19. The summed E-state index contributed by atoms with van der Waals surface area (Å²) in [6, 6.07) is 0. The maximum atomic E-state index is 10.2. The van der Waals surface area contributed by atoms with E-state index < -0.39 is 6.09 Å². The van der Waals surface area contributed by atoms with Gasteiger partial charge in [0.25, 0.3) is 0 Å². The van der Waals surface area contributed by atoms with E-state index in [2.05, 4.69) is 10.1 Å². The predicted molar refractivity (Wildman–Crippen MR) is 30.1 cm³/mol. The van der Waals surface area contributed by atoms with Crippen molar-refractivity contribution < 1.29 is 9.53 Å². The number of methoxy groups -OCH3 is 1. The van der Waals surface area contributed by atoms with Crippen molar-refractivity contribution in [2.75, 3.05) is 7.11 Å². The SMILES string of the molecule is CC[CH]NC(=O)OC. The van der Waals surface area contributed by atoms with Crippen molar-refractivity contribution in [3.8, 4) is 0 Å². The summed E-state index contributed by atoms with van der Waals surface area (Å²) in [4.78, 5) is 10.2. The largest absolute Gasteiger partial charge is 0.453 e. The van der Waals surface area contributed by atoms with Gasteiger partial charge < -0.3 is 10.1 Å². The van der Waals surface area contributed by atoms with Crippen LogP contribution < -0.4 is 5.32 Å². The summed E-state index contributed by atoms with van der Waals surface area (Å²) in [6.07, 6.45) is 0.404. The molecule has 0 saturated heterocycles. The number of hydrogen-bond donors (Lipinski definition) is 1. The van der Waals surface area contributed by atoms with Gasteiger partial charge in [0.2, 0.25) is 0 Å². The first-order valence-electron chi connectivity index (χ1n) is 2.47. The van der Waals surface area contributed by atoms with Crippen LogP contribution in [-0.4, -0.2) is 13.2 Å².